The largest absolute Gasteiger partial charge is 0.496 e. The van der Waals surface area contributed by atoms with Gasteiger partial charge in [0.05, 0.1) is 13.0 Å². The van der Waals surface area contributed by atoms with Gasteiger partial charge < -0.3 is 14.6 Å². The van der Waals surface area contributed by atoms with Crippen LogP contribution >= 0.6 is 0 Å². The van der Waals surface area contributed by atoms with E-state index in [9.17, 15) is 9.59 Å². The van der Waals surface area contributed by atoms with Crippen molar-refractivity contribution in [3.05, 3.63) is 59.7 Å². The number of methoxy groups -OCH3 is 1. The summed E-state index contributed by atoms with van der Waals surface area (Å²) >= 11 is 0. The lowest BCUT2D eigenvalue weighted by molar-refractivity contribution is -0.140. The fourth-order valence-electron chi connectivity index (χ4n) is 3.62. The molecule has 1 aliphatic rings. The summed E-state index contributed by atoms with van der Waals surface area (Å²) in [4.78, 5) is 24.0. The molecule has 2 aromatic carbocycles. The van der Waals surface area contributed by atoms with Gasteiger partial charge in [-0.1, -0.05) is 43.2 Å². The molecule has 1 aliphatic carbocycles. The minimum atomic E-state index is -1.09. The van der Waals surface area contributed by atoms with E-state index < -0.39 is 5.97 Å². The number of hydrogen-bond acceptors (Lipinski definition) is 4. The van der Waals surface area contributed by atoms with Crippen LogP contribution in [0.3, 0.4) is 0 Å². The fourth-order valence-corrected chi connectivity index (χ4v) is 3.62. The van der Waals surface area contributed by atoms with Crippen LogP contribution in [-0.4, -0.2) is 24.2 Å². The van der Waals surface area contributed by atoms with Crippen LogP contribution < -0.4 is 9.47 Å². The second kappa shape index (κ2) is 8.04. The predicted molar refractivity (Wildman–Crippen MR) is 96.7 cm³/mol. The Morgan fingerprint density at radius 1 is 1.04 bits per heavy atom. The molecule has 1 fully saturated rings. The molecule has 0 aliphatic heterocycles. The zero-order valence-corrected chi connectivity index (χ0v) is 14.7. The standard InChI is InChI=1S/C21H22O5/c1-25-19-13-15(11-12-18(19)20(22)23)26-21(24)17-10-6-5-9-16(17)14-7-3-2-4-8-14/h2-4,7-8,11-13,16-17H,5-6,9-10H2,1H3,(H,22,23)/t16-,17-/m1/s1. The number of ether oxygens (including phenoxy) is 2. The minimum absolute atomic E-state index is 0.0344. The van der Waals surface area contributed by atoms with Crippen LogP contribution in [0.2, 0.25) is 0 Å². The first-order valence-corrected chi connectivity index (χ1v) is 8.78. The molecule has 5 nitrogen and oxygen atoms in total. The molecule has 1 N–H and O–H groups in total. The molecule has 0 radical (unpaired) electrons. The fraction of sp³-hybridized carbons (Fsp3) is 0.333. The summed E-state index contributed by atoms with van der Waals surface area (Å²) in [5.74, 6) is -0.936. The minimum Gasteiger partial charge on any atom is -0.496 e. The second-order valence-electron chi connectivity index (χ2n) is 6.50. The summed E-state index contributed by atoms with van der Waals surface area (Å²) in [5.41, 5.74) is 1.19. The normalized spacial score (nSPS) is 19.6. The molecule has 0 spiro atoms. The molecule has 0 saturated heterocycles. The third kappa shape index (κ3) is 3.87. The van der Waals surface area contributed by atoms with E-state index in [1.54, 1.807) is 0 Å². The second-order valence-corrected chi connectivity index (χ2v) is 6.50. The maximum absolute atomic E-state index is 12.8. The number of rotatable bonds is 5. The zero-order valence-electron chi connectivity index (χ0n) is 14.7. The van der Waals surface area contributed by atoms with Crippen LogP contribution in [0, 0.1) is 5.92 Å². The van der Waals surface area contributed by atoms with Crippen molar-refractivity contribution in [1.29, 1.82) is 0 Å². The van der Waals surface area contributed by atoms with E-state index in [-0.39, 0.29) is 29.1 Å². The van der Waals surface area contributed by atoms with Gasteiger partial charge in [0.25, 0.3) is 0 Å². The summed E-state index contributed by atoms with van der Waals surface area (Å²) in [7, 11) is 1.39. The molecule has 0 heterocycles. The lowest BCUT2D eigenvalue weighted by Crippen LogP contribution is -2.29. The third-order valence-electron chi connectivity index (χ3n) is 4.92. The molecule has 0 unspecified atom stereocenters. The van der Waals surface area contributed by atoms with Crippen molar-refractivity contribution >= 4 is 11.9 Å². The van der Waals surface area contributed by atoms with Crippen LogP contribution in [0.5, 0.6) is 11.5 Å². The number of esters is 1. The molecule has 2 aromatic rings. The van der Waals surface area contributed by atoms with Crippen LogP contribution in [0.15, 0.2) is 48.5 Å². The maximum Gasteiger partial charge on any atom is 0.339 e. The molecule has 3 rings (SSSR count). The van der Waals surface area contributed by atoms with Crippen molar-refractivity contribution in [2.24, 2.45) is 5.92 Å². The number of carboxylic acid groups (broad SMARTS) is 1. The van der Waals surface area contributed by atoms with Gasteiger partial charge in [0.1, 0.15) is 17.1 Å². The molecule has 0 bridgehead atoms. The van der Waals surface area contributed by atoms with Gasteiger partial charge in [0.15, 0.2) is 0 Å². The third-order valence-corrected chi connectivity index (χ3v) is 4.92. The number of benzene rings is 2. The van der Waals surface area contributed by atoms with Crippen molar-refractivity contribution in [1.82, 2.24) is 0 Å². The summed E-state index contributed by atoms with van der Waals surface area (Å²) in [6, 6.07) is 14.4. The summed E-state index contributed by atoms with van der Waals surface area (Å²) in [5, 5.41) is 9.15. The van der Waals surface area contributed by atoms with Gasteiger partial charge >= 0.3 is 11.9 Å². The summed E-state index contributed by atoms with van der Waals surface area (Å²) < 4.78 is 10.7. The Bertz CT molecular complexity index is 784. The van der Waals surface area contributed by atoms with E-state index in [1.807, 2.05) is 18.2 Å². The average Bonchev–Trinajstić information content (AvgIpc) is 2.68. The first-order chi connectivity index (χ1) is 12.6. The molecule has 0 aromatic heterocycles. The highest BCUT2D eigenvalue weighted by Gasteiger charge is 2.33. The van der Waals surface area contributed by atoms with Crippen LogP contribution in [0.1, 0.15) is 47.5 Å². The van der Waals surface area contributed by atoms with Crippen LogP contribution in [0.25, 0.3) is 0 Å². The lowest BCUT2D eigenvalue weighted by Gasteiger charge is -2.30. The van der Waals surface area contributed by atoms with Crippen molar-refractivity contribution in [2.75, 3.05) is 7.11 Å². The quantitative estimate of drug-likeness (QED) is 0.641. The molecular formula is C21H22O5. The molecule has 1 saturated carbocycles. The van der Waals surface area contributed by atoms with E-state index in [0.717, 1.165) is 31.2 Å². The van der Waals surface area contributed by atoms with Crippen molar-refractivity contribution in [3.63, 3.8) is 0 Å². The van der Waals surface area contributed by atoms with Crippen LogP contribution in [-0.2, 0) is 4.79 Å². The molecule has 26 heavy (non-hydrogen) atoms. The topological polar surface area (TPSA) is 72.8 Å². The van der Waals surface area contributed by atoms with Crippen molar-refractivity contribution in [3.8, 4) is 11.5 Å². The molecule has 5 heteroatoms. The molecule has 136 valence electrons. The van der Waals surface area contributed by atoms with Crippen molar-refractivity contribution in [2.45, 2.75) is 31.6 Å². The van der Waals surface area contributed by atoms with Gasteiger partial charge in [-0.05, 0) is 36.5 Å². The Hall–Kier alpha value is -2.82. The maximum atomic E-state index is 12.8. The Balaban J connectivity index is 1.79. The predicted octanol–water partition coefficient (Wildman–Crippen LogP) is 4.27. The summed E-state index contributed by atoms with van der Waals surface area (Å²) in [6.07, 6.45) is 3.86. The molecule has 2 atom stereocenters. The molecule has 0 amide bonds. The number of carboxylic acids is 1. The van der Waals surface area contributed by atoms with E-state index in [0.29, 0.717) is 5.75 Å². The van der Waals surface area contributed by atoms with Gasteiger partial charge in [-0.3, -0.25) is 4.79 Å². The Kier molecular flexibility index (Phi) is 5.56. The highest BCUT2D eigenvalue weighted by atomic mass is 16.5. The van der Waals surface area contributed by atoms with Crippen LogP contribution in [0.4, 0.5) is 0 Å². The Morgan fingerprint density at radius 3 is 2.46 bits per heavy atom. The number of aromatic carboxylic acids is 1. The summed E-state index contributed by atoms with van der Waals surface area (Å²) in [6.45, 7) is 0. The van der Waals surface area contributed by atoms with Gasteiger partial charge in [-0.25, -0.2) is 4.79 Å². The zero-order chi connectivity index (χ0) is 18.5. The highest BCUT2D eigenvalue weighted by Crippen LogP contribution is 2.39. The number of carbonyl (C=O) groups is 2. The van der Waals surface area contributed by atoms with E-state index in [4.69, 9.17) is 14.6 Å². The number of carbonyl (C=O) groups excluding carboxylic acids is 1. The molecular weight excluding hydrogens is 332 g/mol. The first kappa shape index (κ1) is 18.0. The number of hydrogen-bond donors (Lipinski definition) is 1. The highest BCUT2D eigenvalue weighted by molar-refractivity contribution is 5.91. The SMILES string of the molecule is COc1cc(OC(=O)[C@@H]2CCCC[C@@H]2c2ccccc2)ccc1C(=O)O. The smallest absolute Gasteiger partial charge is 0.339 e. The van der Waals surface area contributed by atoms with Gasteiger partial charge in [-0.15, -0.1) is 0 Å². The lowest BCUT2D eigenvalue weighted by atomic mass is 9.75. The van der Waals surface area contributed by atoms with Crippen molar-refractivity contribution < 1.29 is 24.2 Å². The van der Waals surface area contributed by atoms with E-state index in [1.165, 1.54) is 25.3 Å². The van der Waals surface area contributed by atoms with Gasteiger partial charge in [0, 0.05) is 6.07 Å². The van der Waals surface area contributed by atoms with Gasteiger partial charge in [-0.2, -0.15) is 0 Å². The monoisotopic (exact) mass is 354 g/mol. The first-order valence-electron chi connectivity index (χ1n) is 8.78. The van der Waals surface area contributed by atoms with Gasteiger partial charge in [0.2, 0.25) is 0 Å². The van der Waals surface area contributed by atoms with E-state index in [2.05, 4.69) is 12.1 Å². The van der Waals surface area contributed by atoms with E-state index >= 15 is 0 Å². The Labute approximate surface area is 152 Å². The Morgan fingerprint density at radius 2 is 1.77 bits per heavy atom. The average molecular weight is 354 g/mol.